The Morgan fingerprint density at radius 2 is 1.77 bits per heavy atom. The summed E-state index contributed by atoms with van der Waals surface area (Å²) in [5.41, 5.74) is 3.15. The summed E-state index contributed by atoms with van der Waals surface area (Å²) in [7, 11) is 1.36. The number of non-ortho nitro benzene ring substituents is 1. The third kappa shape index (κ3) is 9.83. The lowest BCUT2D eigenvalue weighted by molar-refractivity contribution is -0.384. The number of aliphatic hydroxyl groups is 2. The Morgan fingerprint density at radius 3 is 2.42 bits per heavy atom. The summed E-state index contributed by atoms with van der Waals surface area (Å²) in [6.45, 7) is 6.69. The smallest absolute Gasteiger partial charge is 0.409 e. The van der Waals surface area contributed by atoms with Crippen molar-refractivity contribution in [2.75, 3.05) is 39.7 Å². The van der Waals surface area contributed by atoms with Crippen LogP contribution >= 0.6 is 11.8 Å². The van der Waals surface area contributed by atoms with E-state index in [-0.39, 0.29) is 56.3 Å². The summed E-state index contributed by atoms with van der Waals surface area (Å²) in [6, 6.07) is 19.3. The fourth-order valence-corrected chi connectivity index (χ4v) is 9.53. The second-order valence-electron chi connectivity index (χ2n) is 15.4. The van der Waals surface area contributed by atoms with Crippen LogP contribution in [0.5, 0.6) is 17.2 Å². The number of aliphatic hydroxyl groups excluding tert-OH is 2. The normalized spacial score (nSPS) is 23.4. The number of carbonyl (C=O) groups is 1. The van der Waals surface area contributed by atoms with Crippen LogP contribution in [0, 0.1) is 27.9 Å². The zero-order valence-corrected chi connectivity index (χ0v) is 35.5. The highest BCUT2D eigenvalue weighted by Crippen LogP contribution is 2.62. The van der Waals surface area contributed by atoms with Gasteiger partial charge in [-0.1, -0.05) is 37.1 Å². The first kappa shape index (κ1) is 44.7. The molecule has 6 rings (SSSR count). The van der Waals surface area contributed by atoms with Gasteiger partial charge in [-0.05, 0) is 116 Å². The molecule has 13 nitrogen and oxygen atoms in total. The van der Waals surface area contributed by atoms with Crippen molar-refractivity contribution in [1.82, 2.24) is 4.90 Å². The Bertz CT molecular complexity index is 1990. The molecule has 60 heavy (non-hydrogen) atoms. The Hall–Kier alpha value is -4.89. The number of methoxy groups -OCH3 is 1. The number of benzene rings is 3. The Labute approximate surface area is 356 Å². The van der Waals surface area contributed by atoms with Crippen LogP contribution in [0.2, 0.25) is 0 Å². The van der Waals surface area contributed by atoms with Crippen LogP contribution in [0.3, 0.4) is 0 Å². The standard InChI is InChI=1S/C46H57N3O10S/c1-5-23-48(45(52)55-3)42-29-40(47-57-30-31-13-15-33(16-14-31)49(53)54)38-27-32(11-7-9-24-50)37(12-8-10-25-51)43-39-28-35(58-34-17-20-36(60-4)21-18-34)19-22-41(39)59-46(42,44(38)43)56-26-6-2/h6,13-22,27-28,32,37,42-44,50-51H,2,5,7-12,23-26,29-30H2,1,3-4H3/t32-,37+,42-,43+,44+,46+/m0/s1. The third-order valence-corrected chi connectivity index (χ3v) is 12.5. The van der Waals surface area contributed by atoms with Gasteiger partial charge in [0, 0.05) is 54.7 Å². The van der Waals surface area contributed by atoms with Gasteiger partial charge in [-0.3, -0.25) is 15.0 Å². The first-order valence-corrected chi connectivity index (χ1v) is 22.0. The van der Waals surface area contributed by atoms with E-state index >= 15 is 0 Å². The van der Waals surface area contributed by atoms with Crippen LogP contribution in [-0.2, 0) is 20.9 Å². The molecule has 0 radical (unpaired) electrons. The number of amides is 1. The molecule has 14 heteroatoms. The molecule has 2 aliphatic carbocycles. The number of fused-ring (bicyclic) bond motifs is 2. The van der Waals surface area contributed by atoms with E-state index in [0.29, 0.717) is 54.3 Å². The summed E-state index contributed by atoms with van der Waals surface area (Å²) in [5, 5.41) is 35.9. The molecule has 0 aromatic heterocycles. The van der Waals surface area contributed by atoms with Crippen LogP contribution < -0.4 is 9.47 Å². The summed E-state index contributed by atoms with van der Waals surface area (Å²) in [4.78, 5) is 33.6. The summed E-state index contributed by atoms with van der Waals surface area (Å²) in [6.07, 6.45) is 10.8. The summed E-state index contributed by atoms with van der Waals surface area (Å²) in [5.74, 6) is -0.111. The van der Waals surface area contributed by atoms with Crippen molar-refractivity contribution in [3.63, 3.8) is 0 Å². The van der Waals surface area contributed by atoms with Gasteiger partial charge in [-0.25, -0.2) is 4.79 Å². The van der Waals surface area contributed by atoms with E-state index in [9.17, 15) is 25.1 Å². The van der Waals surface area contributed by atoms with E-state index in [1.54, 1.807) is 34.9 Å². The van der Waals surface area contributed by atoms with Crippen molar-refractivity contribution in [3.05, 3.63) is 112 Å². The van der Waals surface area contributed by atoms with Gasteiger partial charge in [0.05, 0.1) is 30.3 Å². The topological polar surface area (TPSA) is 162 Å². The van der Waals surface area contributed by atoms with E-state index in [4.69, 9.17) is 28.9 Å². The van der Waals surface area contributed by atoms with Crippen molar-refractivity contribution in [1.29, 1.82) is 0 Å². The molecule has 1 saturated carbocycles. The van der Waals surface area contributed by atoms with Crippen LogP contribution in [0.4, 0.5) is 10.5 Å². The van der Waals surface area contributed by atoms with E-state index in [0.717, 1.165) is 41.7 Å². The monoisotopic (exact) mass is 843 g/mol. The average Bonchev–Trinajstić information content (AvgIpc) is 3.26. The maximum Gasteiger partial charge on any atom is 0.409 e. The van der Waals surface area contributed by atoms with Crippen molar-refractivity contribution in [2.45, 2.75) is 87.5 Å². The first-order valence-electron chi connectivity index (χ1n) is 20.8. The van der Waals surface area contributed by atoms with Crippen molar-refractivity contribution < 1.29 is 43.7 Å². The van der Waals surface area contributed by atoms with E-state index in [2.05, 4.69) is 18.7 Å². The number of thioether (sulfide) groups is 1. The van der Waals surface area contributed by atoms with E-state index in [1.165, 1.54) is 19.2 Å². The zero-order valence-electron chi connectivity index (χ0n) is 34.7. The number of nitrogens with zero attached hydrogens (tertiary/aromatic N) is 3. The van der Waals surface area contributed by atoms with Gasteiger partial charge in [0.1, 0.15) is 29.9 Å². The molecule has 3 aromatic rings. The number of nitro benzene ring substituents is 1. The molecule has 322 valence electrons. The fourth-order valence-electron chi connectivity index (χ4n) is 9.12. The number of hydrogen-bond donors (Lipinski definition) is 2. The van der Waals surface area contributed by atoms with Crippen molar-refractivity contribution in [3.8, 4) is 17.2 Å². The molecule has 0 spiro atoms. The number of unbranched alkanes of at least 4 members (excludes halogenated alkanes) is 2. The molecule has 1 heterocycles. The Morgan fingerprint density at radius 1 is 1.05 bits per heavy atom. The summed E-state index contributed by atoms with van der Waals surface area (Å²) >= 11 is 1.66. The number of oxime groups is 1. The van der Waals surface area contributed by atoms with Gasteiger partial charge in [0.25, 0.3) is 5.69 Å². The van der Waals surface area contributed by atoms with Crippen molar-refractivity contribution in [2.24, 2.45) is 22.9 Å². The lowest BCUT2D eigenvalue weighted by Crippen LogP contribution is -2.70. The number of hydrogen-bond acceptors (Lipinski definition) is 12. The highest BCUT2D eigenvalue weighted by molar-refractivity contribution is 7.98. The maximum atomic E-state index is 13.8. The highest BCUT2D eigenvalue weighted by Gasteiger charge is 2.65. The molecule has 6 atom stereocenters. The number of rotatable bonds is 21. The Balaban J connectivity index is 1.55. The lowest BCUT2D eigenvalue weighted by atomic mass is 9.55. The molecule has 1 amide bonds. The highest BCUT2D eigenvalue weighted by atomic mass is 32.2. The SMILES string of the molecule is C=CCO[C@@]12Oc3ccc(Oc4ccc(SC)cc4)cc3[C@H]3[C@H](CCCCO)[C@@H](CCCCO)C=C(C(=NOCc4ccc([N+](=O)[O-])cc4)C[C@@H]1N(CCC)C(=O)OC)[C@H]32. The second-order valence-corrected chi connectivity index (χ2v) is 16.3. The molecule has 1 fully saturated rings. The van der Waals surface area contributed by atoms with Gasteiger partial charge in [0.15, 0.2) is 0 Å². The van der Waals surface area contributed by atoms with Crippen LogP contribution in [0.15, 0.2) is 101 Å². The maximum absolute atomic E-state index is 13.8. The predicted octanol–water partition coefficient (Wildman–Crippen LogP) is 9.42. The van der Waals surface area contributed by atoms with Gasteiger partial charge >= 0.3 is 6.09 Å². The molecule has 2 N–H and O–H groups in total. The number of ether oxygens (including phenoxy) is 4. The number of carbonyl (C=O) groups excluding carboxylic acids is 1. The van der Waals surface area contributed by atoms with Gasteiger partial charge in [0.2, 0.25) is 5.79 Å². The van der Waals surface area contributed by atoms with E-state index < -0.39 is 28.8 Å². The largest absolute Gasteiger partial charge is 0.459 e. The van der Waals surface area contributed by atoms with Gasteiger partial charge in [-0.2, -0.15) is 0 Å². The second kappa shape index (κ2) is 21.1. The molecule has 0 saturated heterocycles. The molecule has 1 aliphatic heterocycles. The zero-order chi connectivity index (χ0) is 42.6. The third-order valence-electron chi connectivity index (χ3n) is 11.7. The van der Waals surface area contributed by atoms with E-state index in [1.807, 2.05) is 49.6 Å². The minimum Gasteiger partial charge on any atom is -0.459 e. The quantitative estimate of drug-likeness (QED) is 0.0345. The van der Waals surface area contributed by atoms with Crippen LogP contribution in [0.1, 0.15) is 75.3 Å². The fraction of sp³-hybridized carbons (Fsp3) is 0.478. The molecular formula is C46H57N3O10S. The average molecular weight is 844 g/mol. The molecular weight excluding hydrogens is 787 g/mol. The number of allylic oxidation sites excluding steroid dienone is 1. The molecule has 3 aliphatic rings. The van der Waals surface area contributed by atoms with Gasteiger partial charge < -0.3 is 34.0 Å². The number of nitro groups is 1. The minimum absolute atomic E-state index is 0.0197. The summed E-state index contributed by atoms with van der Waals surface area (Å²) < 4.78 is 26.1. The van der Waals surface area contributed by atoms with Crippen LogP contribution in [0.25, 0.3) is 0 Å². The molecule has 0 bridgehead atoms. The Kier molecular flexibility index (Phi) is 15.7. The lowest BCUT2D eigenvalue weighted by Gasteiger charge is -2.59. The minimum atomic E-state index is -1.42. The molecule has 3 aromatic carbocycles. The predicted molar refractivity (Wildman–Crippen MR) is 231 cm³/mol. The van der Waals surface area contributed by atoms with Crippen LogP contribution in [-0.4, -0.2) is 83.4 Å². The first-order chi connectivity index (χ1) is 29.2. The molecule has 0 unspecified atom stereocenters. The van der Waals surface area contributed by atoms with Gasteiger partial charge in [-0.15, -0.1) is 18.3 Å². The van der Waals surface area contributed by atoms with Crippen molar-refractivity contribution >= 4 is 29.3 Å².